The molecule has 1 saturated heterocycles. The highest BCUT2D eigenvalue weighted by atomic mass is 16.4. The number of nitrogens with zero attached hydrogens (tertiary/aromatic N) is 2. The van der Waals surface area contributed by atoms with Crippen LogP contribution in [0.15, 0.2) is 5.16 Å². The maximum Gasteiger partial charge on any atom is 0.324 e. The molecular weight excluding hydrogens is 150 g/mol. The summed E-state index contributed by atoms with van der Waals surface area (Å²) in [6.45, 7) is 0.179. The molecule has 1 fully saturated rings. The minimum Gasteiger partial charge on any atom is -0.411 e. The van der Waals surface area contributed by atoms with E-state index in [1.807, 2.05) is 0 Å². The highest BCUT2D eigenvalue weighted by Gasteiger charge is 2.25. The van der Waals surface area contributed by atoms with Gasteiger partial charge in [0.2, 0.25) is 5.91 Å². The first kappa shape index (κ1) is 7.52. The van der Waals surface area contributed by atoms with Crippen molar-refractivity contribution in [3.63, 3.8) is 0 Å². The van der Waals surface area contributed by atoms with Crippen LogP contribution in [0.3, 0.4) is 0 Å². The Morgan fingerprint density at radius 3 is 2.91 bits per heavy atom. The average molecular weight is 157 g/mol. The summed E-state index contributed by atoms with van der Waals surface area (Å²) in [5.41, 5.74) is 0. The van der Waals surface area contributed by atoms with Gasteiger partial charge < -0.3 is 10.1 Å². The van der Waals surface area contributed by atoms with Gasteiger partial charge in [-0.15, -0.1) is 5.16 Å². The number of imide groups is 1. The van der Waals surface area contributed by atoms with Crippen molar-refractivity contribution in [3.8, 4) is 0 Å². The van der Waals surface area contributed by atoms with Crippen molar-refractivity contribution in [2.75, 3.05) is 13.1 Å². The molecule has 0 aromatic rings. The molecule has 0 aromatic carbocycles. The van der Waals surface area contributed by atoms with Crippen LogP contribution in [-0.2, 0) is 4.79 Å². The summed E-state index contributed by atoms with van der Waals surface area (Å²) in [5, 5.41) is 12.8. The summed E-state index contributed by atoms with van der Waals surface area (Å²) in [5.74, 6) is -0.332. The Hall–Kier alpha value is -1.59. The predicted molar refractivity (Wildman–Crippen MR) is 35.4 cm³/mol. The lowest BCUT2D eigenvalue weighted by Crippen LogP contribution is -2.29. The van der Waals surface area contributed by atoms with Crippen molar-refractivity contribution in [2.45, 2.75) is 0 Å². The number of oxime groups is 1. The van der Waals surface area contributed by atoms with E-state index < -0.39 is 6.03 Å². The molecule has 11 heavy (non-hydrogen) atoms. The van der Waals surface area contributed by atoms with E-state index in [2.05, 4.69) is 10.5 Å². The van der Waals surface area contributed by atoms with E-state index in [9.17, 15) is 9.59 Å². The molecule has 0 bridgehead atoms. The maximum atomic E-state index is 10.7. The minimum atomic E-state index is -0.449. The third-order valence-corrected chi connectivity index (χ3v) is 1.25. The van der Waals surface area contributed by atoms with Crippen molar-refractivity contribution in [3.05, 3.63) is 0 Å². The SMILES string of the molecule is O=C1CN(CC=NO)C(=O)N1. The molecule has 6 heteroatoms. The normalized spacial score (nSPS) is 18.0. The van der Waals surface area contributed by atoms with Gasteiger partial charge in [0.15, 0.2) is 0 Å². The van der Waals surface area contributed by atoms with Crippen LogP contribution < -0.4 is 5.32 Å². The zero-order chi connectivity index (χ0) is 8.27. The number of carbonyl (C=O) groups excluding carboxylic acids is 2. The van der Waals surface area contributed by atoms with Crippen LogP contribution in [0.5, 0.6) is 0 Å². The predicted octanol–water partition coefficient (Wildman–Crippen LogP) is -1.00. The van der Waals surface area contributed by atoms with Gasteiger partial charge in [0.25, 0.3) is 0 Å². The molecule has 0 saturated carbocycles. The Morgan fingerprint density at radius 1 is 1.73 bits per heavy atom. The van der Waals surface area contributed by atoms with Crippen molar-refractivity contribution >= 4 is 18.2 Å². The number of urea groups is 1. The van der Waals surface area contributed by atoms with E-state index in [1.165, 1.54) is 4.90 Å². The van der Waals surface area contributed by atoms with Gasteiger partial charge in [0.1, 0.15) is 6.54 Å². The van der Waals surface area contributed by atoms with E-state index in [1.54, 1.807) is 0 Å². The monoisotopic (exact) mass is 157 g/mol. The zero-order valence-corrected chi connectivity index (χ0v) is 5.65. The number of hydrogen-bond acceptors (Lipinski definition) is 4. The first-order valence-corrected chi connectivity index (χ1v) is 2.98. The molecule has 1 aliphatic rings. The van der Waals surface area contributed by atoms with E-state index in [4.69, 9.17) is 5.21 Å². The molecule has 0 unspecified atom stereocenters. The van der Waals surface area contributed by atoms with Gasteiger partial charge in [0, 0.05) is 0 Å². The molecule has 0 atom stereocenters. The first-order chi connectivity index (χ1) is 5.24. The molecule has 6 nitrogen and oxygen atoms in total. The van der Waals surface area contributed by atoms with Gasteiger partial charge in [-0.3, -0.25) is 10.1 Å². The summed E-state index contributed by atoms with van der Waals surface area (Å²) in [7, 11) is 0. The topological polar surface area (TPSA) is 82.0 Å². The highest BCUT2D eigenvalue weighted by Crippen LogP contribution is 1.94. The van der Waals surface area contributed by atoms with Crippen LogP contribution in [0.1, 0.15) is 0 Å². The number of nitrogens with one attached hydrogen (secondary N) is 1. The molecule has 1 rings (SSSR count). The fourth-order valence-electron chi connectivity index (χ4n) is 0.766. The molecule has 0 spiro atoms. The van der Waals surface area contributed by atoms with Crippen molar-refractivity contribution in [1.29, 1.82) is 0 Å². The molecule has 1 heterocycles. The second kappa shape index (κ2) is 3.00. The van der Waals surface area contributed by atoms with Crippen LogP contribution in [0.2, 0.25) is 0 Å². The number of hydrogen-bond donors (Lipinski definition) is 2. The van der Waals surface area contributed by atoms with Gasteiger partial charge in [-0.25, -0.2) is 4.79 Å². The fourth-order valence-corrected chi connectivity index (χ4v) is 0.766. The smallest absolute Gasteiger partial charge is 0.324 e. The average Bonchev–Trinajstić information content (AvgIpc) is 2.26. The molecule has 1 aliphatic heterocycles. The zero-order valence-electron chi connectivity index (χ0n) is 5.65. The largest absolute Gasteiger partial charge is 0.411 e. The van der Waals surface area contributed by atoms with Crippen LogP contribution >= 0.6 is 0 Å². The van der Waals surface area contributed by atoms with Crippen LogP contribution in [0.25, 0.3) is 0 Å². The lowest BCUT2D eigenvalue weighted by Gasteiger charge is -2.07. The molecule has 60 valence electrons. The Morgan fingerprint density at radius 2 is 2.45 bits per heavy atom. The van der Waals surface area contributed by atoms with E-state index >= 15 is 0 Å². The third-order valence-electron chi connectivity index (χ3n) is 1.25. The van der Waals surface area contributed by atoms with Crippen molar-refractivity contribution < 1.29 is 14.8 Å². The van der Waals surface area contributed by atoms with Crippen LogP contribution in [-0.4, -0.2) is 41.3 Å². The van der Waals surface area contributed by atoms with Gasteiger partial charge in [0.05, 0.1) is 12.8 Å². The van der Waals surface area contributed by atoms with Crippen molar-refractivity contribution in [2.24, 2.45) is 5.16 Å². The lowest BCUT2D eigenvalue weighted by atomic mass is 10.5. The summed E-state index contributed by atoms with van der Waals surface area (Å²) in [6, 6.07) is -0.449. The Bertz CT molecular complexity index is 213. The number of amides is 3. The summed E-state index contributed by atoms with van der Waals surface area (Å²) in [4.78, 5) is 22.5. The minimum absolute atomic E-state index is 0.0326. The molecule has 0 aliphatic carbocycles. The second-order valence-corrected chi connectivity index (χ2v) is 2.03. The molecule has 2 N–H and O–H groups in total. The van der Waals surface area contributed by atoms with E-state index in [0.717, 1.165) is 6.21 Å². The summed E-state index contributed by atoms with van der Waals surface area (Å²) in [6.07, 6.45) is 1.14. The number of rotatable bonds is 2. The molecule has 0 aromatic heterocycles. The van der Waals surface area contributed by atoms with Crippen LogP contribution in [0.4, 0.5) is 4.79 Å². The highest BCUT2D eigenvalue weighted by molar-refractivity contribution is 6.02. The standard InChI is InChI=1S/C5H7N3O3/c9-4-3-8(2-1-6-11)5(10)7-4/h1,11H,2-3H2,(H,7,9,10). The van der Waals surface area contributed by atoms with Gasteiger partial charge in [-0.2, -0.15) is 0 Å². The van der Waals surface area contributed by atoms with Gasteiger partial charge >= 0.3 is 6.03 Å². The van der Waals surface area contributed by atoms with Crippen LogP contribution in [0, 0.1) is 0 Å². The Kier molecular flexibility index (Phi) is 2.05. The lowest BCUT2D eigenvalue weighted by molar-refractivity contribution is -0.118. The fraction of sp³-hybridized carbons (Fsp3) is 0.400. The summed E-state index contributed by atoms with van der Waals surface area (Å²) < 4.78 is 0. The quantitative estimate of drug-likeness (QED) is 0.233. The second-order valence-electron chi connectivity index (χ2n) is 2.03. The first-order valence-electron chi connectivity index (χ1n) is 2.98. The van der Waals surface area contributed by atoms with Gasteiger partial charge in [-0.05, 0) is 0 Å². The molecular formula is C5H7N3O3. The molecule has 3 amide bonds. The third kappa shape index (κ3) is 1.66. The van der Waals surface area contributed by atoms with E-state index in [0.29, 0.717) is 0 Å². The van der Waals surface area contributed by atoms with Crippen molar-refractivity contribution in [1.82, 2.24) is 10.2 Å². The maximum absolute atomic E-state index is 10.7. The summed E-state index contributed by atoms with van der Waals surface area (Å²) >= 11 is 0. The Balaban J connectivity index is 2.47. The Labute approximate surface area is 62.5 Å². The van der Waals surface area contributed by atoms with E-state index in [-0.39, 0.29) is 19.0 Å². The molecule has 0 radical (unpaired) electrons. The number of carbonyl (C=O) groups is 2. The van der Waals surface area contributed by atoms with Gasteiger partial charge in [-0.1, -0.05) is 0 Å².